The summed E-state index contributed by atoms with van der Waals surface area (Å²) in [6.07, 6.45) is 0.177. The van der Waals surface area contributed by atoms with Crippen LogP contribution in [0.25, 0.3) is 0 Å². The van der Waals surface area contributed by atoms with E-state index in [1.54, 1.807) is 12.1 Å². The number of aromatic nitrogens is 2. The number of nitro groups is 1. The first-order chi connectivity index (χ1) is 10.3. The van der Waals surface area contributed by atoms with Crippen molar-refractivity contribution in [3.8, 4) is 0 Å². The number of rotatable bonds is 5. The lowest BCUT2D eigenvalue weighted by atomic mass is 9.89. The van der Waals surface area contributed by atoms with Crippen LogP contribution in [0.5, 0.6) is 0 Å². The van der Waals surface area contributed by atoms with Crippen LogP contribution in [0.4, 0.5) is 16.5 Å². The number of hydrogen-bond donors (Lipinski definition) is 1. The fourth-order valence-electron chi connectivity index (χ4n) is 1.61. The van der Waals surface area contributed by atoms with E-state index in [4.69, 9.17) is 0 Å². The number of nitrogens with one attached hydrogen (secondary N) is 1. The zero-order valence-electron chi connectivity index (χ0n) is 12.5. The molecule has 1 heterocycles. The number of carbonyl (C=O) groups excluding carboxylic acids is 1. The van der Waals surface area contributed by atoms with Gasteiger partial charge in [0.25, 0.3) is 5.69 Å². The molecule has 0 aliphatic rings. The fourth-order valence-corrected chi connectivity index (χ4v) is 2.21. The fraction of sp³-hybridized carbons (Fsp3) is 0.357. The van der Waals surface area contributed by atoms with E-state index in [1.807, 2.05) is 20.8 Å². The minimum atomic E-state index is -0.460. The molecule has 0 spiro atoms. The van der Waals surface area contributed by atoms with Crippen molar-refractivity contribution in [2.24, 2.45) is 5.41 Å². The normalized spacial score (nSPS) is 11.2. The quantitative estimate of drug-likeness (QED) is 0.670. The van der Waals surface area contributed by atoms with Crippen LogP contribution in [-0.4, -0.2) is 20.1 Å². The van der Waals surface area contributed by atoms with Crippen molar-refractivity contribution in [3.63, 3.8) is 0 Å². The molecule has 0 aliphatic heterocycles. The molecule has 8 heteroatoms. The molecule has 1 aromatic heterocycles. The van der Waals surface area contributed by atoms with Crippen LogP contribution in [0, 0.1) is 15.5 Å². The third kappa shape index (κ3) is 4.08. The lowest BCUT2D eigenvalue weighted by Gasteiger charge is -2.14. The number of non-ortho nitro benzene ring substituents is 1. The van der Waals surface area contributed by atoms with Gasteiger partial charge in [-0.25, -0.2) is 4.98 Å². The van der Waals surface area contributed by atoms with E-state index in [-0.39, 0.29) is 17.9 Å². The number of nitro benzene ring substituents is 1. The molecule has 7 nitrogen and oxygen atoms in total. The summed E-state index contributed by atoms with van der Waals surface area (Å²) < 4.78 is 4.14. The number of hydrogen-bond acceptors (Lipinski definition) is 7. The summed E-state index contributed by atoms with van der Waals surface area (Å²) >= 11 is 1.12. The van der Waals surface area contributed by atoms with Gasteiger partial charge < -0.3 is 5.32 Å². The Bertz CT molecular complexity index is 706. The summed E-state index contributed by atoms with van der Waals surface area (Å²) in [5.74, 6) is 0.519. The third-order valence-electron chi connectivity index (χ3n) is 2.93. The van der Waals surface area contributed by atoms with Crippen LogP contribution in [0.1, 0.15) is 26.6 Å². The summed E-state index contributed by atoms with van der Waals surface area (Å²) in [6, 6.07) is 6.13. The van der Waals surface area contributed by atoms with Crippen molar-refractivity contribution < 1.29 is 9.72 Å². The van der Waals surface area contributed by atoms with Crippen LogP contribution < -0.4 is 5.32 Å². The molecule has 0 amide bonds. The lowest BCUT2D eigenvalue weighted by molar-refractivity contribution is -0.384. The highest BCUT2D eigenvalue weighted by atomic mass is 32.1. The highest BCUT2D eigenvalue weighted by Gasteiger charge is 2.23. The van der Waals surface area contributed by atoms with Crippen LogP contribution in [0.3, 0.4) is 0 Å². The lowest BCUT2D eigenvalue weighted by Crippen LogP contribution is -2.22. The van der Waals surface area contributed by atoms with Crippen LogP contribution in [0.15, 0.2) is 24.3 Å². The van der Waals surface area contributed by atoms with Gasteiger partial charge in [0.1, 0.15) is 5.78 Å². The van der Waals surface area contributed by atoms with E-state index in [0.717, 1.165) is 11.5 Å². The van der Waals surface area contributed by atoms with Crippen LogP contribution >= 0.6 is 11.5 Å². The molecule has 1 aromatic carbocycles. The second-order valence-electron chi connectivity index (χ2n) is 5.80. The number of Topliss-reactive ketones (excluding diaryl/α,β-unsaturated/α-hetero) is 1. The number of carbonyl (C=O) groups is 1. The molecule has 0 fully saturated rings. The summed E-state index contributed by atoms with van der Waals surface area (Å²) in [6.45, 7) is 5.55. The number of nitrogens with zero attached hydrogens (tertiary/aromatic N) is 3. The van der Waals surface area contributed by atoms with Gasteiger partial charge in [-0.05, 0) is 6.07 Å². The monoisotopic (exact) mass is 320 g/mol. The standard InChI is InChI=1S/C14H16N4O3S/c1-14(2,3)11(19)8-12-16-13(22-17-12)15-9-5-4-6-10(7-9)18(20)21/h4-7H,8H2,1-3H3,(H,15,16,17). The van der Waals surface area contributed by atoms with E-state index in [0.29, 0.717) is 16.6 Å². The van der Waals surface area contributed by atoms with Gasteiger partial charge in [-0.3, -0.25) is 14.9 Å². The van der Waals surface area contributed by atoms with E-state index < -0.39 is 10.3 Å². The molecule has 2 rings (SSSR count). The Morgan fingerprint density at radius 3 is 2.77 bits per heavy atom. The Labute approximate surface area is 131 Å². The Morgan fingerprint density at radius 2 is 2.14 bits per heavy atom. The smallest absolute Gasteiger partial charge is 0.271 e. The van der Waals surface area contributed by atoms with E-state index >= 15 is 0 Å². The van der Waals surface area contributed by atoms with Crippen molar-refractivity contribution in [1.29, 1.82) is 0 Å². The molecule has 0 unspecified atom stereocenters. The minimum absolute atomic E-state index is 0.00218. The average molecular weight is 320 g/mol. The van der Waals surface area contributed by atoms with E-state index in [2.05, 4.69) is 14.7 Å². The topological polar surface area (TPSA) is 98.0 Å². The van der Waals surface area contributed by atoms with Gasteiger partial charge in [-0.1, -0.05) is 26.8 Å². The first-order valence-electron chi connectivity index (χ1n) is 6.63. The molecule has 0 saturated heterocycles. The Kier molecular flexibility index (Phi) is 4.51. The summed E-state index contributed by atoms with van der Waals surface area (Å²) in [7, 11) is 0. The molecule has 22 heavy (non-hydrogen) atoms. The van der Waals surface area contributed by atoms with Gasteiger partial charge in [0.2, 0.25) is 5.13 Å². The van der Waals surface area contributed by atoms with Gasteiger partial charge >= 0.3 is 0 Å². The van der Waals surface area contributed by atoms with Crippen molar-refractivity contribution in [2.45, 2.75) is 27.2 Å². The highest BCUT2D eigenvalue weighted by Crippen LogP contribution is 2.23. The molecular weight excluding hydrogens is 304 g/mol. The SMILES string of the molecule is CC(C)(C)C(=O)Cc1nsc(Nc2cccc([N+](=O)[O-])c2)n1. The Balaban J connectivity index is 2.08. The van der Waals surface area contributed by atoms with Gasteiger partial charge in [0, 0.05) is 34.8 Å². The van der Waals surface area contributed by atoms with Crippen LogP contribution in [-0.2, 0) is 11.2 Å². The van der Waals surface area contributed by atoms with Gasteiger partial charge in [-0.2, -0.15) is 4.37 Å². The Hall–Kier alpha value is -2.35. The molecule has 116 valence electrons. The highest BCUT2D eigenvalue weighted by molar-refractivity contribution is 7.09. The van der Waals surface area contributed by atoms with Crippen molar-refractivity contribution in [3.05, 3.63) is 40.2 Å². The van der Waals surface area contributed by atoms with E-state index in [9.17, 15) is 14.9 Å². The van der Waals surface area contributed by atoms with Gasteiger partial charge in [0.05, 0.1) is 11.3 Å². The number of anilines is 2. The zero-order valence-corrected chi connectivity index (χ0v) is 13.3. The Morgan fingerprint density at radius 1 is 1.41 bits per heavy atom. The van der Waals surface area contributed by atoms with Crippen molar-refractivity contribution in [2.75, 3.05) is 5.32 Å². The van der Waals surface area contributed by atoms with Crippen LogP contribution in [0.2, 0.25) is 0 Å². The molecular formula is C14H16N4O3S. The maximum Gasteiger partial charge on any atom is 0.271 e. The minimum Gasteiger partial charge on any atom is -0.330 e. The van der Waals surface area contributed by atoms with Crippen molar-refractivity contribution >= 4 is 33.8 Å². The predicted molar refractivity (Wildman–Crippen MR) is 84.5 cm³/mol. The largest absolute Gasteiger partial charge is 0.330 e. The molecule has 2 aromatic rings. The van der Waals surface area contributed by atoms with Gasteiger partial charge in [0.15, 0.2) is 5.82 Å². The molecule has 0 saturated carbocycles. The molecule has 1 N–H and O–H groups in total. The predicted octanol–water partition coefficient (Wildman–Crippen LogP) is 3.35. The molecule has 0 atom stereocenters. The second-order valence-corrected chi connectivity index (χ2v) is 6.55. The third-order valence-corrected chi connectivity index (χ3v) is 3.60. The van der Waals surface area contributed by atoms with Crippen molar-refractivity contribution in [1.82, 2.24) is 9.36 Å². The summed E-state index contributed by atoms with van der Waals surface area (Å²) in [5.41, 5.74) is 0.121. The average Bonchev–Trinajstić information content (AvgIpc) is 2.85. The first-order valence-corrected chi connectivity index (χ1v) is 7.40. The maximum absolute atomic E-state index is 12.0. The second kappa shape index (κ2) is 6.18. The van der Waals surface area contributed by atoms with E-state index in [1.165, 1.54) is 12.1 Å². The number of benzene rings is 1. The number of ketones is 1. The molecule has 0 aliphatic carbocycles. The maximum atomic E-state index is 12.0. The molecule has 0 radical (unpaired) electrons. The van der Waals surface area contributed by atoms with Gasteiger partial charge in [-0.15, -0.1) is 0 Å². The first kappa shape index (κ1) is 16.0. The summed E-state index contributed by atoms with van der Waals surface area (Å²) in [5, 5.41) is 14.2. The summed E-state index contributed by atoms with van der Waals surface area (Å²) in [4.78, 5) is 26.5. The molecule has 0 bridgehead atoms. The zero-order chi connectivity index (χ0) is 16.3.